The summed E-state index contributed by atoms with van der Waals surface area (Å²) in [6.45, 7) is 2.10. The molecule has 0 saturated carbocycles. The molecule has 3 heteroatoms. The molecule has 0 aromatic heterocycles. The van der Waals surface area contributed by atoms with Gasteiger partial charge in [-0.1, -0.05) is 42.8 Å². The highest BCUT2D eigenvalue weighted by Gasteiger charge is 2.26. The average Bonchev–Trinajstić information content (AvgIpc) is 2.47. The van der Waals surface area contributed by atoms with E-state index in [1.54, 1.807) is 7.11 Å². The lowest BCUT2D eigenvalue weighted by atomic mass is 9.78. The maximum Gasteiger partial charge on any atom is 0.119 e. The van der Waals surface area contributed by atoms with Crippen molar-refractivity contribution in [1.29, 1.82) is 0 Å². The monoisotopic (exact) mass is 290 g/mol. The van der Waals surface area contributed by atoms with E-state index in [4.69, 9.17) is 16.3 Å². The van der Waals surface area contributed by atoms with Crippen LogP contribution in [0.1, 0.15) is 18.1 Å². The summed E-state index contributed by atoms with van der Waals surface area (Å²) in [5.74, 6) is 0.828. The Bertz CT molecular complexity index is 583. The summed E-state index contributed by atoms with van der Waals surface area (Å²) in [4.78, 5) is 0. The summed E-state index contributed by atoms with van der Waals surface area (Å²) < 4.78 is 5.24. The van der Waals surface area contributed by atoms with E-state index in [-0.39, 0.29) is 12.0 Å². The highest BCUT2D eigenvalue weighted by Crippen LogP contribution is 2.30. The molecule has 1 N–H and O–H groups in total. The number of methoxy groups -OCH3 is 1. The molecule has 0 bridgehead atoms. The fourth-order valence-electron chi connectivity index (χ4n) is 2.35. The fourth-order valence-corrected chi connectivity index (χ4v) is 2.54. The Hall–Kier alpha value is -1.51. The number of ether oxygens (including phenoxy) is 1. The third-order valence-electron chi connectivity index (χ3n) is 3.60. The molecule has 20 heavy (non-hydrogen) atoms. The van der Waals surface area contributed by atoms with Gasteiger partial charge < -0.3 is 9.84 Å². The normalized spacial score (nSPS) is 13.8. The van der Waals surface area contributed by atoms with Crippen molar-refractivity contribution in [3.8, 4) is 5.75 Å². The van der Waals surface area contributed by atoms with E-state index in [1.807, 2.05) is 55.5 Å². The van der Waals surface area contributed by atoms with Crippen LogP contribution in [0.15, 0.2) is 48.5 Å². The van der Waals surface area contributed by atoms with E-state index < -0.39 is 0 Å². The van der Waals surface area contributed by atoms with Crippen molar-refractivity contribution in [1.82, 2.24) is 0 Å². The van der Waals surface area contributed by atoms with Crippen LogP contribution in [0, 0.1) is 0 Å². The minimum Gasteiger partial charge on any atom is -0.497 e. The average molecular weight is 291 g/mol. The highest BCUT2D eigenvalue weighted by atomic mass is 35.5. The Morgan fingerprint density at radius 2 is 1.90 bits per heavy atom. The van der Waals surface area contributed by atoms with Crippen LogP contribution < -0.4 is 4.74 Å². The van der Waals surface area contributed by atoms with Crippen LogP contribution in [0.4, 0.5) is 0 Å². The predicted octanol–water partition coefficient (Wildman–Crippen LogP) is 3.84. The van der Waals surface area contributed by atoms with Crippen LogP contribution in [-0.4, -0.2) is 18.8 Å². The number of hydrogen-bond acceptors (Lipinski definition) is 2. The first kappa shape index (κ1) is 14.9. The summed E-state index contributed by atoms with van der Waals surface area (Å²) in [7, 11) is 1.65. The van der Waals surface area contributed by atoms with Crippen LogP contribution in [-0.2, 0) is 11.8 Å². The molecule has 0 heterocycles. The van der Waals surface area contributed by atoms with Gasteiger partial charge in [0.1, 0.15) is 5.75 Å². The minimum absolute atomic E-state index is 0.0601. The second-order valence-electron chi connectivity index (χ2n) is 5.26. The van der Waals surface area contributed by atoms with Gasteiger partial charge in [0.2, 0.25) is 0 Å². The topological polar surface area (TPSA) is 29.5 Å². The van der Waals surface area contributed by atoms with Gasteiger partial charge in [0.05, 0.1) is 13.7 Å². The minimum atomic E-state index is -0.364. The summed E-state index contributed by atoms with van der Waals surface area (Å²) in [5, 5.41) is 10.5. The van der Waals surface area contributed by atoms with Crippen molar-refractivity contribution in [2.24, 2.45) is 0 Å². The van der Waals surface area contributed by atoms with Crippen LogP contribution in [0.25, 0.3) is 0 Å². The molecule has 0 aliphatic rings. The first-order chi connectivity index (χ1) is 9.57. The van der Waals surface area contributed by atoms with Crippen LogP contribution in [0.2, 0.25) is 5.02 Å². The van der Waals surface area contributed by atoms with Crippen molar-refractivity contribution in [2.45, 2.75) is 18.8 Å². The first-order valence-corrected chi connectivity index (χ1v) is 6.95. The third kappa shape index (κ3) is 3.33. The van der Waals surface area contributed by atoms with Gasteiger partial charge in [-0.25, -0.2) is 0 Å². The molecule has 0 spiro atoms. The molecule has 1 unspecified atom stereocenters. The summed E-state index contributed by atoms with van der Waals surface area (Å²) in [6, 6.07) is 15.6. The largest absolute Gasteiger partial charge is 0.497 e. The van der Waals surface area contributed by atoms with Gasteiger partial charge in [-0.05, 0) is 41.8 Å². The van der Waals surface area contributed by atoms with E-state index in [1.165, 1.54) is 0 Å². The summed E-state index contributed by atoms with van der Waals surface area (Å²) in [6.07, 6.45) is 0.723. The molecule has 0 amide bonds. The van der Waals surface area contributed by atoms with Gasteiger partial charge in [0.15, 0.2) is 0 Å². The van der Waals surface area contributed by atoms with E-state index >= 15 is 0 Å². The predicted molar refractivity (Wildman–Crippen MR) is 82.6 cm³/mol. The zero-order valence-corrected chi connectivity index (χ0v) is 12.5. The van der Waals surface area contributed by atoms with Gasteiger partial charge in [-0.2, -0.15) is 0 Å². The SMILES string of the molecule is COc1cccc(CC(C)(CO)c2cccc(Cl)c2)c1. The molecular formula is C17H19ClO2. The number of aliphatic hydroxyl groups excluding tert-OH is 1. The molecule has 2 aromatic rings. The third-order valence-corrected chi connectivity index (χ3v) is 3.83. The van der Waals surface area contributed by atoms with Gasteiger partial charge >= 0.3 is 0 Å². The van der Waals surface area contributed by atoms with Crippen LogP contribution in [0.3, 0.4) is 0 Å². The molecule has 0 aliphatic heterocycles. The van der Waals surface area contributed by atoms with Crippen LogP contribution in [0.5, 0.6) is 5.75 Å². The first-order valence-electron chi connectivity index (χ1n) is 6.57. The standard InChI is InChI=1S/C17H19ClO2/c1-17(12-19,14-6-4-7-15(18)10-14)11-13-5-3-8-16(9-13)20-2/h3-10,19H,11-12H2,1-2H3. The molecule has 106 valence electrons. The molecule has 2 nitrogen and oxygen atoms in total. The summed E-state index contributed by atoms with van der Waals surface area (Å²) >= 11 is 6.06. The lowest BCUT2D eigenvalue weighted by molar-refractivity contribution is 0.204. The Balaban J connectivity index is 2.31. The smallest absolute Gasteiger partial charge is 0.119 e. The maximum atomic E-state index is 9.84. The van der Waals surface area contributed by atoms with E-state index in [2.05, 4.69) is 0 Å². The second kappa shape index (κ2) is 6.29. The lowest BCUT2D eigenvalue weighted by Crippen LogP contribution is -2.29. The van der Waals surface area contributed by atoms with E-state index in [9.17, 15) is 5.11 Å². The lowest BCUT2D eigenvalue weighted by Gasteiger charge is -2.28. The highest BCUT2D eigenvalue weighted by molar-refractivity contribution is 6.30. The van der Waals surface area contributed by atoms with E-state index in [0.717, 1.165) is 23.3 Å². The van der Waals surface area contributed by atoms with Crippen molar-refractivity contribution in [3.63, 3.8) is 0 Å². The molecule has 0 fully saturated rings. The Kier molecular flexibility index (Phi) is 4.69. The molecule has 1 atom stereocenters. The Morgan fingerprint density at radius 3 is 2.55 bits per heavy atom. The van der Waals surface area contributed by atoms with Crippen LogP contribution >= 0.6 is 11.6 Å². The zero-order chi connectivity index (χ0) is 14.6. The quantitative estimate of drug-likeness (QED) is 0.906. The molecule has 0 radical (unpaired) electrons. The van der Waals surface area contributed by atoms with E-state index in [0.29, 0.717) is 5.02 Å². The molecule has 0 saturated heterocycles. The van der Waals surface area contributed by atoms with Crippen molar-refractivity contribution in [2.75, 3.05) is 13.7 Å². The van der Waals surface area contributed by atoms with Gasteiger partial charge in [0, 0.05) is 10.4 Å². The molecule has 2 aromatic carbocycles. The van der Waals surface area contributed by atoms with Gasteiger partial charge in [-0.3, -0.25) is 0 Å². The second-order valence-corrected chi connectivity index (χ2v) is 5.69. The number of hydrogen-bond donors (Lipinski definition) is 1. The molecule has 2 rings (SSSR count). The molecular weight excluding hydrogens is 272 g/mol. The number of benzene rings is 2. The number of rotatable bonds is 5. The van der Waals surface area contributed by atoms with Crippen molar-refractivity contribution >= 4 is 11.6 Å². The Morgan fingerprint density at radius 1 is 1.15 bits per heavy atom. The van der Waals surface area contributed by atoms with Crippen molar-refractivity contribution < 1.29 is 9.84 Å². The fraction of sp³-hybridized carbons (Fsp3) is 0.294. The van der Waals surface area contributed by atoms with Gasteiger partial charge in [0.25, 0.3) is 0 Å². The zero-order valence-electron chi connectivity index (χ0n) is 11.8. The number of halogens is 1. The van der Waals surface area contributed by atoms with Gasteiger partial charge in [-0.15, -0.1) is 0 Å². The summed E-state index contributed by atoms with van der Waals surface area (Å²) in [5.41, 5.74) is 1.80. The molecule has 0 aliphatic carbocycles. The maximum absolute atomic E-state index is 9.84. The van der Waals surface area contributed by atoms with Crippen molar-refractivity contribution in [3.05, 3.63) is 64.7 Å². The number of aliphatic hydroxyl groups is 1. The Labute approximate surface area is 125 Å².